The van der Waals surface area contributed by atoms with E-state index in [1.807, 2.05) is 19.1 Å². The van der Waals surface area contributed by atoms with Gasteiger partial charge < -0.3 is 9.30 Å². The molecule has 0 aliphatic heterocycles. The number of fused-ring (bicyclic) bond motifs is 1. The fourth-order valence-corrected chi connectivity index (χ4v) is 3.51. The van der Waals surface area contributed by atoms with E-state index < -0.39 is 0 Å². The summed E-state index contributed by atoms with van der Waals surface area (Å²) in [6.45, 7) is 2.09. The molecule has 0 unspecified atom stereocenters. The summed E-state index contributed by atoms with van der Waals surface area (Å²) >= 11 is 0. The molecule has 5 heteroatoms. The number of nitrogens with zero attached hydrogens (tertiary/aromatic N) is 1. The monoisotopic (exact) mass is 401 g/mol. The zero-order valence-electron chi connectivity index (χ0n) is 16.7. The highest BCUT2D eigenvalue weighted by Gasteiger charge is 2.18. The van der Waals surface area contributed by atoms with Gasteiger partial charge in [-0.25, -0.2) is 4.39 Å². The average Bonchev–Trinajstić information content (AvgIpc) is 2.76. The third kappa shape index (κ3) is 3.62. The van der Waals surface area contributed by atoms with Crippen molar-refractivity contribution >= 4 is 16.7 Å². The molecule has 4 aromatic rings. The first kappa shape index (κ1) is 19.6. The zero-order valence-corrected chi connectivity index (χ0v) is 16.7. The van der Waals surface area contributed by atoms with Crippen molar-refractivity contribution in [1.29, 1.82) is 0 Å². The van der Waals surface area contributed by atoms with E-state index in [0.29, 0.717) is 27.8 Å². The van der Waals surface area contributed by atoms with Crippen molar-refractivity contribution in [3.05, 3.63) is 111 Å². The number of benzene rings is 3. The molecule has 0 saturated heterocycles. The van der Waals surface area contributed by atoms with Crippen LogP contribution in [0.3, 0.4) is 0 Å². The molecule has 0 aliphatic carbocycles. The molecule has 1 heterocycles. The Morgan fingerprint density at radius 3 is 2.47 bits per heavy atom. The van der Waals surface area contributed by atoms with Crippen molar-refractivity contribution in [2.45, 2.75) is 13.5 Å². The van der Waals surface area contributed by atoms with Crippen LogP contribution in [-0.2, 0) is 6.54 Å². The molecule has 0 spiro atoms. The minimum atomic E-state index is -0.381. The molecule has 4 rings (SSSR count). The highest BCUT2D eigenvalue weighted by molar-refractivity contribution is 6.10. The van der Waals surface area contributed by atoms with Gasteiger partial charge in [-0.2, -0.15) is 0 Å². The van der Waals surface area contributed by atoms with Gasteiger partial charge >= 0.3 is 0 Å². The lowest BCUT2D eigenvalue weighted by Gasteiger charge is -2.14. The number of rotatable bonds is 5. The van der Waals surface area contributed by atoms with Crippen LogP contribution < -0.4 is 10.2 Å². The van der Waals surface area contributed by atoms with Crippen molar-refractivity contribution in [2.24, 2.45) is 0 Å². The van der Waals surface area contributed by atoms with Crippen molar-refractivity contribution in [3.8, 4) is 5.75 Å². The fraction of sp³-hybridized carbons (Fsp3) is 0.120. The number of hydrogen-bond donors (Lipinski definition) is 0. The number of carbonyl (C=O) groups excluding carboxylic acids is 1. The Morgan fingerprint density at radius 2 is 1.77 bits per heavy atom. The summed E-state index contributed by atoms with van der Waals surface area (Å²) in [6.07, 6.45) is 1.53. The van der Waals surface area contributed by atoms with Crippen LogP contribution in [-0.4, -0.2) is 17.5 Å². The van der Waals surface area contributed by atoms with Crippen LogP contribution in [0.2, 0.25) is 0 Å². The normalized spacial score (nSPS) is 10.9. The molecule has 1 aromatic heterocycles. The summed E-state index contributed by atoms with van der Waals surface area (Å²) in [4.78, 5) is 26.3. The van der Waals surface area contributed by atoms with Gasteiger partial charge in [-0.3, -0.25) is 9.59 Å². The number of hydrogen-bond acceptors (Lipinski definition) is 3. The first-order valence-electron chi connectivity index (χ1n) is 9.54. The molecule has 0 fully saturated rings. The van der Waals surface area contributed by atoms with E-state index in [2.05, 4.69) is 0 Å². The van der Waals surface area contributed by atoms with Gasteiger partial charge in [-0.05, 0) is 49.4 Å². The van der Waals surface area contributed by atoms with E-state index in [4.69, 9.17) is 4.74 Å². The standard InChI is InChI=1S/C25H20FNO3/c1-16-7-12-23-20(13-16)25(29)21(24(28)17-8-10-19(30-2)11-9-17)15-27(23)14-18-5-3-4-6-22(18)26/h3-13,15H,14H2,1-2H3. The van der Waals surface area contributed by atoms with Gasteiger partial charge in [0, 0.05) is 22.7 Å². The second-order valence-electron chi connectivity index (χ2n) is 7.17. The number of methoxy groups -OCH3 is 1. The van der Waals surface area contributed by atoms with Gasteiger partial charge in [0.2, 0.25) is 5.43 Å². The maximum absolute atomic E-state index is 14.3. The maximum Gasteiger partial charge on any atom is 0.200 e. The second kappa shape index (κ2) is 7.95. The average molecular weight is 401 g/mol. The third-order valence-electron chi connectivity index (χ3n) is 5.13. The Hall–Kier alpha value is -3.73. The summed E-state index contributed by atoms with van der Waals surface area (Å²) in [5.41, 5.74) is 2.14. The highest BCUT2D eigenvalue weighted by Crippen LogP contribution is 2.20. The Labute approximate surface area is 173 Å². The molecule has 150 valence electrons. The Bertz CT molecular complexity index is 1310. The molecule has 0 radical (unpaired) electrons. The number of aromatic nitrogens is 1. The van der Waals surface area contributed by atoms with E-state index in [-0.39, 0.29) is 29.1 Å². The molecular formula is C25H20FNO3. The minimum Gasteiger partial charge on any atom is -0.497 e. The highest BCUT2D eigenvalue weighted by atomic mass is 19.1. The van der Waals surface area contributed by atoms with Gasteiger partial charge in [0.25, 0.3) is 0 Å². The predicted octanol–water partition coefficient (Wildman–Crippen LogP) is 4.74. The van der Waals surface area contributed by atoms with Crippen LogP contribution in [0.1, 0.15) is 27.0 Å². The van der Waals surface area contributed by atoms with E-state index in [1.54, 1.807) is 60.2 Å². The minimum absolute atomic E-state index is 0.0506. The first-order chi connectivity index (χ1) is 14.5. The molecule has 0 atom stereocenters. The van der Waals surface area contributed by atoms with Crippen molar-refractivity contribution < 1.29 is 13.9 Å². The Balaban J connectivity index is 1.89. The largest absolute Gasteiger partial charge is 0.497 e. The number of pyridine rings is 1. The molecule has 0 N–H and O–H groups in total. The molecule has 0 bridgehead atoms. The lowest BCUT2D eigenvalue weighted by Crippen LogP contribution is -2.20. The third-order valence-corrected chi connectivity index (χ3v) is 5.13. The molecule has 0 aliphatic rings. The number of carbonyl (C=O) groups is 1. The van der Waals surface area contributed by atoms with E-state index >= 15 is 0 Å². The van der Waals surface area contributed by atoms with Crippen LogP contribution in [0.4, 0.5) is 4.39 Å². The summed E-state index contributed by atoms with van der Waals surface area (Å²) < 4.78 is 21.1. The quantitative estimate of drug-likeness (QED) is 0.454. The topological polar surface area (TPSA) is 48.3 Å². The zero-order chi connectivity index (χ0) is 21.3. The summed E-state index contributed by atoms with van der Waals surface area (Å²) in [6, 6.07) is 18.6. The lowest BCUT2D eigenvalue weighted by atomic mass is 10.0. The summed E-state index contributed by atoms with van der Waals surface area (Å²) in [7, 11) is 1.55. The van der Waals surface area contributed by atoms with Crippen LogP contribution in [0.25, 0.3) is 10.9 Å². The predicted molar refractivity (Wildman–Crippen MR) is 115 cm³/mol. The first-order valence-corrected chi connectivity index (χ1v) is 9.54. The van der Waals surface area contributed by atoms with Crippen LogP contribution in [0.5, 0.6) is 5.75 Å². The van der Waals surface area contributed by atoms with E-state index in [9.17, 15) is 14.0 Å². The molecule has 3 aromatic carbocycles. The van der Waals surface area contributed by atoms with E-state index in [0.717, 1.165) is 5.56 Å². The van der Waals surface area contributed by atoms with Crippen molar-refractivity contribution in [2.75, 3.05) is 7.11 Å². The number of ketones is 1. The van der Waals surface area contributed by atoms with Gasteiger partial charge in [-0.15, -0.1) is 0 Å². The van der Waals surface area contributed by atoms with Gasteiger partial charge in [0.15, 0.2) is 5.78 Å². The summed E-state index contributed by atoms with van der Waals surface area (Å²) in [5.74, 6) is -0.0921. The van der Waals surface area contributed by atoms with Gasteiger partial charge in [-0.1, -0.05) is 29.8 Å². The Kier molecular flexibility index (Phi) is 5.19. The van der Waals surface area contributed by atoms with Crippen molar-refractivity contribution in [1.82, 2.24) is 4.57 Å². The molecule has 4 nitrogen and oxygen atoms in total. The Morgan fingerprint density at radius 1 is 1.03 bits per heavy atom. The summed E-state index contributed by atoms with van der Waals surface area (Å²) in [5, 5.41) is 0.436. The SMILES string of the molecule is COc1ccc(C(=O)c2cn(Cc3ccccc3F)c3ccc(C)cc3c2=O)cc1. The van der Waals surface area contributed by atoms with Gasteiger partial charge in [0.05, 0.1) is 24.7 Å². The smallest absolute Gasteiger partial charge is 0.200 e. The van der Waals surface area contributed by atoms with Gasteiger partial charge in [0.1, 0.15) is 11.6 Å². The van der Waals surface area contributed by atoms with Crippen LogP contribution in [0.15, 0.2) is 77.7 Å². The van der Waals surface area contributed by atoms with Crippen LogP contribution >= 0.6 is 0 Å². The molecule has 0 saturated carbocycles. The number of ether oxygens (including phenoxy) is 1. The second-order valence-corrected chi connectivity index (χ2v) is 7.17. The number of halogens is 1. The fourth-order valence-electron chi connectivity index (χ4n) is 3.51. The van der Waals surface area contributed by atoms with Crippen LogP contribution in [0, 0.1) is 12.7 Å². The molecule has 30 heavy (non-hydrogen) atoms. The van der Waals surface area contributed by atoms with E-state index in [1.165, 1.54) is 12.3 Å². The molecular weight excluding hydrogens is 381 g/mol. The molecule has 0 amide bonds. The lowest BCUT2D eigenvalue weighted by molar-refractivity contribution is 0.103. The maximum atomic E-state index is 14.3. The number of aryl methyl sites for hydroxylation is 1. The van der Waals surface area contributed by atoms with Crippen molar-refractivity contribution in [3.63, 3.8) is 0 Å².